The van der Waals surface area contributed by atoms with Crippen LogP contribution in [-0.2, 0) is 14.3 Å². The summed E-state index contributed by atoms with van der Waals surface area (Å²) in [5.74, 6) is -4.55. The Morgan fingerprint density at radius 1 is 1.07 bits per heavy atom. The molecule has 1 fully saturated rings. The van der Waals surface area contributed by atoms with Gasteiger partial charge in [-0.05, 0) is 37.7 Å². The predicted octanol–water partition coefficient (Wildman–Crippen LogP) is 3.17. The lowest BCUT2D eigenvalue weighted by Crippen LogP contribution is -2.43. The number of benzene rings is 1. The van der Waals surface area contributed by atoms with E-state index < -0.39 is 40.7 Å². The van der Waals surface area contributed by atoms with Crippen LogP contribution in [0.4, 0.5) is 14.5 Å². The summed E-state index contributed by atoms with van der Waals surface area (Å²) in [4.78, 5) is 35.6. The summed E-state index contributed by atoms with van der Waals surface area (Å²) in [5.41, 5.74) is -1.01. The molecule has 0 spiro atoms. The van der Waals surface area contributed by atoms with Gasteiger partial charge in [0.1, 0.15) is 11.6 Å². The second-order valence-electron chi connectivity index (χ2n) is 6.74. The Hall–Kier alpha value is -2.51. The van der Waals surface area contributed by atoms with E-state index >= 15 is 0 Å². The molecule has 1 aliphatic carbocycles. The van der Waals surface area contributed by atoms with Crippen LogP contribution >= 0.6 is 0 Å². The first kappa shape index (κ1) is 20.8. The number of amides is 2. The number of ether oxygens (including phenoxy) is 1. The molecule has 6 nitrogen and oxygen atoms in total. The summed E-state index contributed by atoms with van der Waals surface area (Å²) >= 11 is 0. The van der Waals surface area contributed by atoms with Gasteiger partial charge in [-0.1, -0.05) is 19.8 Å². The topological polar surface area (TPSA) is 84.5 Å². The average Bonchev–Trinajstić information content (AvgIpc) is 2.65. The molecule has 2 N–H and O–H groups in total. The fraction of sp³-hybridized carbons (Fsp3) is 0.526. The second-order valence-corrected chi connectivity index (χ2v) is 6.74. The summed E-state index contributed by atoms with van der Waals surface area (Å²) in [5, 5.41) is 4.72. The lowest BCUT2D eigenvalue weighted by atomic mass is 9.83. The minimum absolute atomic E-state index is 0.0972. The minimum atomic E-state index is -1.12. The molecule has 2 amide bonds. The first-order chi connectivity index (χ1) is 12.8. The van der Waals surface area contributed by atoms with Crippen molar-refractivity contribution in [2.75, 3.05) is 12.4 Å². The van der Waals surface area contributed by atoms with Crippen molar-refractivity contribution in [3.63, 3.8) is 0 Å². The van der Waals surface area contributed by atoms with E-state index in [1.807, 2.05) is 0 Å². The number of hydrogen-bond donors (Lipinski definition) is 2. The van der Waals surface area contributed by atoms with Crippen LogP contribution in [-0.4, -0.2) is 30.9 Å². The Morgan fingerprint density at radius 2 is 1.74 bits per heavy atom. The van der Waals surface area contributed by atoms with Gasteiger partial charge in [-0.3, -0.25) is 9.59 Å². The van der Waals surface area contributed by atoms with E-state index in [9.17, 15) is 23.2 Å². The van der Waals surface area contributed by atoms with Crippen molar-refractivity contribution in [2.24, 2.45) is 5.92 Å². The van der Waals surface area contributed by atoms with E-state index in [0.29, 0.717) is 12.0 Å². The van der Waals surface area contributed by atoms with Gasteiger partial charge in [-0.25, -0.2) is 13.6 Å². The van der Waals surface area contributed by atoms with Crippen LogP contribution in [0.3, 0.4) is 0 Å². The Bertz CT molecular complexity index is 716. The maximum atomic E-state index is 13.9. The van der Waals surface area contributed by atoms with E-state index in [4.69, 9.17) is 0 Å². The molecule has 1 aliphatic rings. The van der Waals surface area contributed by atoms with E-state index in [0.717, 1.165) is 51.7 Å². The molecule has 0 heterocycles. The molecule has 1 aromatic rings. The van der Waals surface area contributed by atoms with Crippen LogP contribution in [0.2, 0.25) is 0 Å². The average molecular weight is 382 g/mol. The first-order valence-corrected chi connectivity index (χ1v) is 9.04. The lowest BCUT2D eigenvalue weighted by molar-refractivity contribution is -0.136. The predicted molar refractivity (Wildman–Crippen MR) is 95.1 cm³/mol. The highest BCUT2D eigenvalue weighted by atomic mass is 19.1. The molecule has 8 heteroatoms. The van der Waals surface area contributed by atoms with Crippen molar-refractivity contribution in [3.05, 3.63) is 29.3 Å². The maximum Gasteiger partial charge on any atom is 0.340 e. The quantitative estimate of drug-likeness (QED) is 0.605. The van der Waals surface area contributed by atoms with Crippen LogP contribution in [0.25, 0.3) is 0 Å². The molecule has 1 saturated carbocycles. The van der Waals surface area contributed by atoms with E-state index in [2.05, 4.69) is 22.3 Å². The monoisotopic (exact) mass is 382 g/mol. The number of esters is 1. The third kappa shape index (κ3) is 5.48. The highest BCUT2D eigenvalue weighted by molar-refractivity contribution is 6.39. The van der Waals surface area contributed by atoms with Crippen molar-refractivity contribution in [1.29, 1.82) is 0 Å². The summed E-state index contributed by atoms with van der Waals surface area (Å²) in [6.07, 6.45) is 5.86. The summed E-state index contributed by atoms with van der Waals surface area (Å²) in [7, 11) is 1.05. The zero-order valence-corrected chi connectivity index (χ0v) is 15.4. The fourth-order valence-electron chi connectivity index (χ4n) is 3.34. The Kier molecular flexibility index (Phi) is 7.27. The van der Waals surface area contributed by atoms with Crippen molar-refractivity contribution >= 4 is 23.5 Å². The van der Waals surface area contributed by atoms with Gasteiger partial charge in [0.05, 0.1) is 18.4 Å². The van der Waals surface area contributed by atoms with Crippen molar-refractivity contribution < 1.29 is 27.9 Å². The summed E-state index contributed by atoms with van der Waals surface area (Å²) in [6.45, 7) is 2.14. The van der Waals surface area contributed by atoms with Crippen molar-refractivity contribution in [1.82, 2.24) is 5.32 Å². The van der Waals surface area contributed by atoms with E-state index in [1.165, 1.54) is 0 Å². The summed E-state index contributed by atoms with van der Waals surface area (Å²) in [6, 6.07) is 1.16. The van der Waals surface area contributed by atoms with Crippen LogP contribution in [0, 0.1) is 17.6 Å². The van der Waals surface area contributed by atoms with Gasteiger partial charge in [-0.15, -0.1) is 0 Å². The number of nitrogens with one attached hydrogen (secondary N) is 2. The molecule has 0 aromatic heterocycles. The van der Waals surface area contributed by atoms with Gasteiger partial charge < -0.3 is 15.4 Å². The van der Waals surface area contributed by atoms with Gasteiger partial charge in [-0.2, -0.15) is 0 Å². The maximum absolute atomic E-state index is 13.9. The number of carbonyl (C=O) groups excluding carboxylic acids is 3. The zero-order valence-electron chi connectivity index (χ0n) is 15.4. The molecular weight excluding hydrogens is 358 g/mol. The normalized spacial score (nSPS) is 19.3. The Labute approximate surface area is 156 Å². The van der Waals surface area contributed by atoms with Crippen molar-refractivity contribution in [3.8, 4) is 0 Å². The highest BCUT2D eigenvalue weighted by Gasteiger charge is 2.25. The molecule has 0 atom stereocenters. The molecule has 0 radical (unpaired) electrons. The van der Waals surface area contributed by atoms with Crippen LogP contribution < -0.4 is 10.6 Å². The standard InChI is InChI=1S/C19H24F2N2O4/c1-3-4-11-5-7-12(8-6-11)22-17(24)18(25)23-16-9-13(19(26)27-2)14(20)10-15(16)21/h9-12H,3-8H2,1-2H3,(H,22,24)(H,23,25). The molecular formula is C19H24F2N2O4. The molecule has 148 valence electrons. The Morgan fingerprint density at radius 3 is 2.33 bits per heavy atom. The number of carbonyl (C=O) groups is 3. The van der Waals surface area contributed by atoms with Crippen LogP contribution in [0.5, 0.6) is 0 Å². The second kappa shape index (κ2) is 9.43. The number of methoxy groups -OCH3 is 1. The number of rotatable bonds is 5. The van der Waals surface area contributed by atoms with Crippen LogP contribution in [0.1, 0.15) is 55.8 Å². The molecule has 0 unspecified atom stereocenters. The number of hydrogen-bond acceptors (Lipinski definition) is 4. The molecule has 0 aliphatic heterocycles. The highest BCUT2D eigenvalue weighted by Crippen LogP contribution is 2.27. The molecule has 1 aromatic carbocycles. The van der Waals surface area contributed by atoms with Gasteiger partial charge in [0.15, 0.2) is 0 Å². The van der Waals surface area contributed by atoms with Gasteiger partial charge >= 0.3 is 17.8 Å². The van der Waals surface area contributed by atoms with Crippen molar-refractivity contribution in [2.45, 2.75) is 51.5 Å². The van der Waals surface area contributed by atoms with Gasteiger partial charge in [0, 0.05) is 12.1 Å². The molecule has 0 bridgehead atoms. The Balaban J connectivity index is 1.96. The molecule has 0 saturated heterocycles. The summed E-state index contributed by atoms with van der Waals surface area (Å²) < 4.78 is 31.9. The third-order valence-electron chi connectivity index (χ3n) is 4.80. The lowest BCUT2D eigenvalue weighted by Gasteiger charge is -2.28. The number of halogens is 2. The van der Waals surface area contributed by atoms with Crippen LogP contribution in [0.15, 0.2) is 12.1 Å². The first-order valence-electron chi connectivity index (χ1n) is 9.04. The van der Waals surface area contributed by atoms with Gasteiger partial charge in [0.25, 0.3) is 0 Å². The SMILES string of the molecule is CCCC1CCC(NC(=O)C(=O)Nc2cc(C(=O)OC)c(F)cc2F)CC1. The van der Waals surface area contributed by atoms with E-state index in [1.54, 1.807) is 0 Å². The molecule has 27 heavy (non-hydrogen) atoms. The zero-order chi connectivity index (χ0) is 20.0. The largest absolute Gasteiger partial charge is 0.465 e. The molecule has 2 rings (SSSR count). The fourth-order valence-corrected chi connectivity index (χ4v) is 3.34. The number of anilines is 1. The van der Waals surface area contributed by atoms with Gasteiger partial charge in [0.2, 0.25) is 0 Å². The third-order valence-corrected chi connectivity index (χ3v) is 4.80. The minimum Gasteiger partial charge on any atom is -0.465 e. The van der Waals surface area contributed by atoms with E-state index in [-0.39, 0.29) is 6.04 Å². The smallest absolute Gasteiger partial charge is 0.340 e.